The molecule has 0 aromatic carbocycles. The van der Waals surface area contributed by atoms with E-state index in [0.717, 1.165) is 24.7 Å². The number of hydrogen-bond acceptors (Lipinski definition) is 5. The van der Waals surface area contributed by atoms with Crippen LogP contribution in [0.3, 0.4) is 0 Å². The largest absolute Gasteiger partial charge is 0.372 e. The van der Waals surface area contributed by atoms with Crippen molar-refractivity contribution in [3.05, 3.63) is 0 Å². The van der Waals surface area contributed by atoms with Gasteiger partial charge in [0.1, 0.15) is 0 Å². The van der Waals surface area contributed by atoms with Crippen molar-refractivity contribution in [2.45, 2.75) is 12.2 Å². The highest BCUT2D eigenvalue weighted by Gasteiger charge is 2.24. The molecule has 2 fully saturated rings. The van der Waals surface area contributed by atoms with Crippen molar-refractivity contribution < 1.29 is 13.1 Å². The molecule has 5 heteroatoms. The molecule has 0 saturated carbocycles. The normalized spacial score (nSPS) is 33.8. The first-order chi connectivity index (χ1) is 5.45. The van der Waals surface area contributed by atoms with Gasteiger partial charge in [-0.05, 0) is 0 Å². The molecule has 2 heterocycles. The maximum Gasteiger partial charge on any atom is 0.0922 e. The Hall–Kier alpha value is 0.580. The predicted octanol–water partition coefficient (Wildman–Crippen LogP) is 1.10. The van der Waals surface area contributed by atoms with E-state index in [4.69, 9.17) is 13.1 Å². The second-order valence-corrected chi connectivity index (χ2v) is 4.23. The standard InChI is InChI=1S/C6H10O3S2/c1-5(7-1)3-10-9-11-4-6-2-8-6/h5-6H,1-4H2. The van der Waals surface area contributed by atoms with Crippen molar-refractivity contribution in [3.8, 4) is 0 Å². The monoisotopic (exact) mass is 194 g/mol. The van der Waals surface area contributed by atoms with Gasteiger partial charge in [0.15, 0.2) is 0 Å². The Bertz CT molecular complexity index is 111. The molecule has 2 aliphatic heterocycles. The van der Waals surface area contributed by atoms with Crippen LogP contribution >= 0.6 is 24.1 Å². The first-order valence-electron chi connectivity index (χ1n) is 3.59. The third kappa shape index (κ3) is 3.66. The van der Waals surface area contributed by atoms with E-state index < -0.39 is 0 Å². The van der Waals surface area contributed by atoms with Gasteiger partial charge in [-0.15, -0.1) is 0 Å². The summed E-state index contributed by atoms with van der Waals surface area (Å²) in [5.41, 5.74) is 0. The van der Waals surface area contributed by atoms with Crippen LogP contribution in [0, 0.1) is 0 Å². The molecule has 2 aliphatic rings. The predicted molar refractivity (Wildman–Crippen MR) is 45.5 cm³/mol. The summed E-state index contributed by atoms with van der Waals surface area (Å²) in [6.07, 6.45) is 0.913. The van der Waals surface area contributed by atoms with Crippen LogP contribution in [-0.4, -0.2) is 36.9 Å². The van der Waals surface area contributed by atoms with Gasteiger partial charge in [0.2, 0.25) is 0 Å². The van der Waals surface area contributed by atoms with E-state index in [0.29, 0.717) is 12.2 Å². The minimum atomic E-state index is 0.456. The number of ether oxygens (including phenoxy) is 2. The van der Waals surface area contributed by atoms with Gasteiger partial charge in [-0.3, -0.25) is 0 Å². The van der Waals surface area contributed by atoms with E-state index in [1.54, 1.807) is 0 Å². The summed E-state index contributed by atoms with van der Waals surface area (Å²) < 4.78 is 15.2. The molecule has 2 unspecified atom stereocenters. The second-order valence-electron chi connectivity index (χ2n) is 2.55. The van der Waals surface area contributed by atoms with Crippen molar-refractivity contribution in [2.75, 3.05) is 24.7 Å². The molecule has 2 rings (SSSR count). The Morgan fingerprint density at radius 3 is 1.91 bits per heavy atom. The Balaban J connectivity index is 1.35. The van der Waals surface area contributed by atoms with Crippen LogP contribution in [-0.2, 0) is 13.1 Å². The van der Waals surface area contributed by atoms with Crippen molar-refractivity contribution >= 4 is 24.1 Å². The molecular formula is C6H10O3S2. The van der Waals surface area contributed by atoms with Gasteiger partial charge in [0, 0.05) is 35.6 Å². The average molecular weight is 194 g/mol. The van der Waals surface area contributed by atoms with E-state index in [-0.39, 0.29) is 0 Å². The first-order valence-corrected chi connectivity index (χ1v) is 5.41. The van der Waals surface area contributed by atoms with Gasteiger partial charge >= 0.3 is 0 Å². The van der Waals surface area contributed by atoms with Crippen LogP contribution in [0.1, 0.15) is 0 Å². The SMILES string of the molecule is C1OC1CSOSCC1CO1. The van der Waals surface area contributed by atoms with Crippen LogP contribution < -0.4 is 0 Å². The molecule has 2 saturated heterocycles. The maximum atomic E-state index is 5.21. The van der Waals surface area contributed by atoms with Crippen molar-refractivity contribution in [3.63, 3.8) is 0 Å². The maximum absolute atomic E-state index is 5.21. The Labute approximate surface area is 74.6 Å². The smallest absolute Gasteiger partial charge is 0.0922 e. The van der Waals surface area contributed by atoms with E-state index in [2.05, 4.69) is 0 Å². The Morgan fingerprint density at radius 1 is 1.09 bits per heavy atom. The average Bonchev–Trinajstić information content (AvgIpc) is 2.83. The molecule has 64 valence electrons. The quantitative estimate of drug-likeness (QED) is 0.359. The Morgan fingerprint density at radius 2 is 1.55 bits per heavy atom. The third-order valence-electron chi connectivity index (χ3n) is 1.41. The summed E-state index contributed by atoms with van der Waals surface area (Å²) in [7, 11) is 0. The van der Waals surface area contributed by atoms with Crippen LogP contribution in [0.25, 0.3) is 0 Å². The Kier molecular flexibility index (Phi) is 2.98. The molecule has 11 heavy (non-hydrogen) atoms. The van der Waals surface area contributed by atoms with Gasteiger partial charge in [-0.25, -0.2) is 3.63 Å². The summed E-state index contributed by atoms with van der Waals surface area (Å²) in [5.74, 6) is 1.91. The minimum absolute atomic E-state index is 0.456. The fourth-order valence-electron chi connectivity index (χ4n) is 0.570. The highest BCUT2D eigenvalue weighted by molar-refractivity contribution is 8.07. The lowest BCUT2D eigenvalue weighted by atomic mass is 10.6. The van der Waals surface area contributed by atoms with E-state index in [1.165, 1.54) is 24.1 Å². The molecule has 3 nitrogen and oxygen atoms in total. The summed E-state index contributed by atoms with van der Waals surface area (Å²) in [6, 6.07) is 0. The van der Waals surface area contributed by atoms with Gasteiger partial charge in [-0.1, -0.05) is 0 Å². The van der Waals surface area contributed by atoms with Gasteiger partial charge in [-0.2, -0.15) is 0 Å². The van der Waals surface area contributed by atoms with E-state index in [1.807, 2.05) is 0 Å². The van der Waals surface area contributed by atoms with Crippen LogP contribution in [0.4, 0.5) is 0 Å². The second kappa shape index (κ2) is 4.00. The molecule has 2 atom stereocenters. The van der Waals surface area contributed by atoms with Crippen LogP contribution in [0.15, 0.2) is 0 Å². The van der Waals surface area contributed by atoms with Gasteiger partial charge < -0.3 is 9.47 Å². The molecule has 0 aliphatic carbocycles. The number of epoxide rings is 2. The molecule has 0 aromatic heterocycles. The minimum Gasteiger partial charge on any atom is -0.372 e. The van der Waals surface area contributed by atoms with Crippen LogP contribution in [0.5, 0.6) is 0 Å². The molecule has 0 N–H and O–H groups in total. The van der Waals surface area contributed by atoms with E-state index in [9.17, 15) is 0 Å². The zero-order chi connectivity index (χ0) is 7.52. The highest BCUT2D eigenvalue weighted by Crippen LogP contribution is 2.24. The van der Waals surface area contributed by atoms with Crippen molar-refractivity contribution in [2.24, 2.45) is 0 Å². The highest BCUT2D eigenvalue weighted by atomic mass is 32.2. The van der Waals surface area contributed by atoms with Crippen LogP contribution in [0.2, 0.25) is 0 Å². The molecule has 0 amide bonds. The zero-order valence-corrected chi connectivity index (χ0v) is 7.66. The summed E-state index contributed by atoms with van der Waals surface area (Å²) in [5, 5.41) is 0. The zero-order valence-electron chi connectivity index (χ0n) is 6.02. The molecule has 0 aromatic rings. The third-order valence-corrected chi connectivity index (χ3v) is 3.19. The summed E-state index contributed by atoms with van der Waals surface area (Å²) >= 11 is 2.95. The van der Waals surface area contributed by atoms with Gasteiger partial charge in [0.25, 0.3) is 0 Å². The molecular weight excluding hydrogens is 184 g/mol. The lowest BCUT2D eigenvalue weighted by Crippen LogP contribution is -1.91. The fraction of sp³-hybridized carbons (Fsp3) is 1.00. The molecule has 0 radical (unpaired) electrons. The first kappa shape index (κ1) is 8.19. The lowest BCUT2D eigenvalue weighted by molar-refractivity contribution is 0.424. The topological polar surface area (TPSA) is 34.3 Å². The van der Waals surface area contributed by atoms with Gasteiger partial charge in [0.05, 0.1) is 25.4 Å². The molecule has 0 spiro atoms. The van der Waals surface area contributed by atoms with Crippen molar-refractivity contribution in [1.29, 1.82) is 0 Å². The fourth-order valence-corrected chi connectivity index (χ4v) is 1.97. The lowest BCUT2D eigenvalue weighted by Gasteiger charge is -1.96. The van der Waals surface area contributed by atoms with E-state index >= 15 is 0 Å². The summed E-state index contributed by atoms with van der Waals surface area (Å²) in [6.45, 7) is 1.82. The number of hydrogen-bond donors (Lipinski definition) is 0. The van der Waals surface area contributed by atoms with Crippen molar-refractivity contribution in [1.82, 2.24) is 0 Å². The summed E-state index contributed by atoms with van der Waals surface area (Å²) in [4.78, 5) is 0. The molecule has 0 bridgehead atoms. The number of rotatable bonds is 6.